The van der Waals surface area contributed by atoms with Crippen LogP contribution in [0.25, 0.3) is 11.4 Å². The summed E-state index contributed by atoms with van der Waals surface area (Å²) in [6.07, 6.45) is 2.12. The summed E-state index contributed by atoms with van der Waals surface area (Å²) >= 11 is 0. The van der Waals surface area contributed by atoms with E-state index in [9.17, 15) is 0 Å². The van der Waals surface area contributed by atoms with Gasteiger partial charge in [-0.25, -0.2) is 0 Å². The average Bonchev–Trinajstić information content (AvgIpc) is 3.24. The molecule has 2 N–H and O–H groups in total. The highest BCUT2D eigenvalue weighted by Gasteiger charge is 2.51. The third-order valence-corrected chi connectivity index (χ3v) is 4.69. The number of rotatable bonds is 4. The molecule has 1 fully saturated rings. The zero-order chi connectivity index (χ0) is 15.9. The predicted octanol–water partition coefficient (Wildman–Crippen LogP) is 4.01. The fourth-order valence-electron chi connectivity index (χ4n) is 3.16. The van der Waals surface area contributed by atoms with Crippen LogP contribution in [0.5, 0.6) is 0 Å². The molecule has 4 rings (SSSR count). The fraction of sp³-hybridized carbons (Fsp3) is 0.263. The molecule has 5 heteroatoms. The molecule has 0 amide bonds. The number of aryl methyl sites for hydroxylation is 1. The van der Waals surface area contributed by atoms with E-state index in [0.717, 1.165) is 29.9 Å². The van der Waals surface area contributed by atoms with Crippen LogP contribution in [-0.4, -0.2) is 10.1 Å². The lowest BCUT2D eigenvalue weighted by Gasteiger charge is -2.13. The second-order valence-corrected chi connectivity index (χ2v) is 6.22. The van der Waals surface area contributed by atoms with Gasteiger partial charge in [0.25, 0.3) is 0 Å². The van der Waals surface area contributed by atoms with Crippen molar-refractivity contribution in [3.8, 4) is 11.4 Å². The number of hydrogen-bond donors (Lipinski definition) is 1. The van der Waals surface area contributed by atoms with Crippen molar-refractivity contribution in [1.82, 2.24) is 10.1 Å². The SMILES string of the molecule is Cc1ccccc1C1(c2nc(-c3ccc(CN)cc3)no2)CC1.Cl. The second-order valence-electron chi connectivity index (χ2n) is 6.22. The first kappa shape index (κ1) is 16.7. The third-order valence-electron chi connectivity index (χ3n) is 4.69. The van der Waals surface area contributed by atoms with Crippen LogP contribution >= 0.6 is 12.4 Å². The number of nitrogens with two attached hydrogens (primary N) is 1. The van der Waals surface area contributed by atoms with Gasteiger partial charge in [-0.15, -0.1) is 12.4 Å². The Hall–Kier alpha value is -2.17. The van der Waals surface area contributed by atoms with Gasteiger partial charge in [0.1, 0.15) is 0 Å². The molecule has 24 heavy (non-hydrogen) atoms. The summed E-state index contributed by atoms with van der Waals surface area (Å²) in [4.78, 5) is 4.68. The zero-order valence-electron chi connectivity index (χ0n) is 13.5. The Morgan fingerprint density at radius 3 is 2.42 bits per heavy atom. The number of hydrogen-bond acceptors (Lipinski definition) is 4. The van der Waals surface area contributed by atoms with Crippen molar-refractivity contribution in [2.45, 2.75) is 31.7 Å². The van der Waals surface area contributed by atoms with Crippen LogP contribution in [-0.2, 0) is 12.0 Å². The summed E-state index contributed by atoms with van der Waals surface area (Å²) in [7, 11) is 0. The largest absolute Gasteiger partial charge is 0.338 e. The number of aromatic nitrogens is 2. The van der Waals surface area contributed by atoms with Crippen molar-refractivity contribution in [3.05, 3.63) is 71.1 Å². The molecule has 124 valence electrons. The van der Waals surface area contributed by atoms with Gasteiger partial charge in [-0.2, -0.15) is 4.98 Å². The Kier molecular flexibility index (Phi) is 4.43. The first-order chi connectivity index (χ1) is 11.2. The zero-order valence-corrected chi connectivity index (χ0v) is 14.3. The Morgan fingerprint density at radius 1 is 1.08 bits per heavy atom. The van der Waals surface area contributed by atoms with Gasteiger partial charge >= 0.3 is 0 Å². The smallest absolute Gasteiger partial charge is 0.237 e. The highest BCUT2D eigenvalue weighted by atomic mass is 35.5. The number of nitrogens with zero attached hydrogens (tertiary/aromatic N) is 2. The fourth-order valence-corrected chi connectivity index (χ4v) is 3.16. The standard InChI is InChI=1S/C19H19N3O.ClH/c1-13-4-2-3-5-16(13)19(10-11-19)18-21-17(22-23-18)15-8-6-14(12-20)7-9-15;/h2-9H,10-12,20H2,1H3;1H. The van der Waals surface area contributed by atoms with Crippen molar-refractivity contribution < 1.29 is 4.52 Å². The summed E-state index contributed by atoms with van der Waals surface area (Å²) < 4.78 is 5.63. The summed E-state index contributed by atoms with van der Waals surface area (Å²) in [6, 6.07) is 16.4. The van der Waals surface area contributed by atoms with Crippen LogP contribution in [0.1, 0.15) is 35.4 Å². The molecule has 0 bridgehead atoms. The number of benzene rings is 2. The first-order valence-corrected chi connectivity index (χ1v) is 7.93. The second kappa shape index (κ2) is 6.38. The third kappa shape index (κ3) is 2.72. The predicted molar refractivity (Wildman–Crippen MR) is 96.1 cm³/mol. The summed E-state index contributed by atoms with van der Waals surface area (Å²) in [5, 5.41) is 4.19. The van der Waals surface area contributed by atoms with E-state index < -0.39 is 0 Å². The lowest BCUT2D eigenvalue weighted by Crippen LogP contribution is -2.10. The molecular formula is C19H20ClN3O. The van der Waals surface area contributed by atoms with E-state index in [-0.39, 0.29) is 17.8 Å². The lowest BCUT2D eigenvalue weighted by molar-refractivity contribution is 0.360. The van der Waals surface area contributed by atoms with Crippen molar-refractivity contribution in [1.29, 1.82) is 0 Å². The summed E-state index contributed by atoms with van der Waals surface area (Å²) in [5.41, 5.74) is 10.2. The maximum atomic E-state index is 5.64. The molecule has 1 heterocycles. The molecule has 0 unspecified atom stereocenters. The van der Waals surface area contributed by atoms with E-state index in [4.69, 9.17) is 10.3 Å². The molecule has 1 saturated carbocycles. The van der Waals surface area contributed by atoms with Gasteiger partial charge in [0.2, 0.25) is 11.7 Å². The van der Waals surface area contributed by atoms with Crippen LogP contribution in [0, 0.1) is 6.92 Å². The van der Waals surface area contributed by atoms with Crippen LogP contribution in [0.3, 0.4) is 0 Å². The molecule has 1 aromatic heterocycles. The van der Waals surface area contributed by atoms with Crippen molar-refractivity contribution in [3.63, 3.8) is 0 Å². The van der Waals surface area contributed by atoms with Gasteiger partial charge in [0.15, 0.2) is 0 Å². The quantitative estimate of drug-likeness (QED) is 0.778. The van der Waals surface area contributed by atoms with Crippen molar-refractivity contribution in [2.75, 3.05) is 0 Å². The molecule has 0 radical (unpaired) electrons. The normalized spacial score (nSPS) is 14.9. The minimum absolute atomic E-state index is 0. The van der Waals surface area contributed by atoms with Gasteiger partial charge in [-0.05, 0) is 36.5 Å². The maximum absolute atomic E-state index is 5.64. The molecule has 0 spiro atoms. The summed E-state index contributed by atoms with van der Waals surface area (Å²) in [5.74, 6) is 1.37. The van der Waals surface area contributed by atoms with Crippen LogP contribution < -0.4 is 5.73 Å². The van der Waals surface area contributed by atoms with E-state index in [0.29, 0.717) is 12.4 Å². The Bertz CT molecular complexity index is 838. The first-order valence-electron chi connectivity index (χ1n) is 7.93. The maximum Gasteiger partial charge on any atom is 0.237 e. The minimum atomic E-state index is -0.0895. The van der Waals surface area contributed by atoms with Crippen LogP contribution in [0.4, 0.5) is 0 Å². The molecule has 1 aliphatic carbocycles. The molecule has 0 atom stereocenters. The molecule has 0 aliphatic heterocycles. The lowest BCUT2D eigenvalue weighted by atomic mass is 9.92. The van der Waals surface area contributed by atoms with E-state index >= 15 is 0 Å². The van der Waals surface area contributed by atoms with E-state index in [1.54, 1.807) is 0 Å². The topological polar surface area (TPSA) is 64.9 Å². The van der Waals surface area contributed by atoms with Gasteiger partial charge in [0.05, 0.1) is 5.41 Å². The van der Waals surface area contributed by atoms with Crippen LogP contribution in [0.15, 0.2) is 53.1 Å². The number of halogens is 1. The molecular weight excluding hydrogens is 322 g/mol. The van der Waals surface area contributed by atoms with Crippen LogP contribution in [0.2, 0.25) is 0 Å². The van der Waals surface area contributed by atoms with E-state index in [1.165, 1.54) is 11.1 Å². The molecule has 3 aromatic rings. The highest BCUT2D eigenvalue weighted by molar-refractivity contribution is 5.85. The summed E-state index contributed by atoms with van der Waals surface area (Å²) in [6.45, 7) is 2.67. The van der Waals surface area contributed by atoms with Crippen molar-refractivity contribution >= 4 is 12.4 Å². The van der Waals surface area contributed by atoms with Gasteiger partial charge in [0, 0.05) is 12.1 Å². The monoisotopic (exact) mass is 341 g/mol. The molecule has 2 aromatic carbocycles. The molecule has 4 nitrogen and oxygen atoms in total. The molecule has 0 saturated heterocycles. The van der Waals surface area contributed by atoms with Crippen molar-refractivity contribution in [2.24, 2.45) is 5.73 Å². The Balaban J connectivity index is 0.00000169. The van der Waals surface area contributed by atoms with Gasteiger partial charge in [-0.3, -0.25) is 0 Å². The Labute approximate surface area is 147 Å². The highest BCUT2D eigenvalue weighted by Crippen LogP contribution is 2.53. The van der Waals surface area contributed by atoms with E-state index in [1.807, 2.05) is 24.3 Å². The van der Waals surface area contributed by atoms with E-state index in [2.05, 4.69) is 41.3 Å². The minimum Gasteiger partial charge on any atom is -0.338 e. The Morgan fingerprint density at radius 2 is 1.79 bits per heavy atom. The average molecular weight is 342 g/mol. The van der Waals surface area contributed by atoms with Gasteiger partial charge < -0.3 is 10.3 Å². The molecule has 1 aliphatic rings. The van der Waals surface area contributed by atoms with Gasteiger partial charge in [-0.1, -0.05) is 53.7 Å².